The van der Waals surface area contributed by atoms with Crippen LogP contribution >= 0.6 is 0 Å². The monoisotopic (exact) mass is 322 g/mol. The van der Waals surface area contributed by atoms with Crippen molar-refractivity contribution in [3.05, 3.63) is 60.2 Å². The minimum absolute atomic E-state index is 0.639. The van der Waals surface area contributed by atoms with E-state index in [1.807, 2.05) is 36.4 Å². The van der Waals surface area contributed by atoms with Gasteiger partial charge in [0.1, 0.15) is 11.5 Å². The Morgan fingerprint density at radius 2 is 1.79 bits per heavy atom. The molecule has 2 atom stereocenters. The molecule has 0 aliphatic carbocycles. The molecule has 0 aromatic heterocycles. The standard InChI is InChI=1S/C21H26N2O/c1-17-21-11-6-12-22(21)13-14-23(17)16-18-7-5-10-20(15-18)24-19-8-3-2-4-9-19/h2-5,7-10,15,17,21H,6,11-14,16H2,1H3/t17-,21+/m1/s1. The lowest BCUT2D eigenvalue weighted by atomic mass is 10.0. The molecule has 0 radical (unpaired) electrons. The second kappa shape index (κ2) is 6.96. The number of nitrogens with zero attached hydrogens (tertiary/aromatic N) is 2. The molecule has 0 N–H and O–H groups in total. The Hall–Kier alpha value is -1.84. The van der Waals surface area contributed by atoms with Gasteiger partial charge in [-0.15, -0.1) is 0 Å². The smallest absolute Gasteiger partial charge is 0.127 e. The molecule has 0 spiro atoms. The van der Waals surface area contributed by atoms with Gasteiger partial charge < -0.3 is 4.74 Å². The molecule has 2 aromatic rings. The molecule has 3 heteroatoms. The lowest BCUT2D eigenvalue weighted by molar-refractivity contribution is 0.0470. The lowest BCUT2D eigenvalue weighted by Gasteiger charge is -2.43. The summed E-state index contributed by atoms with van der Waals surface area (Å²) in [5.41, 5.74) is 1.33. The van der Waals surface area contributed by atoms with Crippen molar-refractivity contribution in [3.63, 3.8) is 0 Å². The molecule has 2 saturated heterocycles. The van der Waals surface area contributed by atoms with E-state index in [4.69, 9.17) is 4.74 Å². The number of para-hydroxylation sites is 1. The van der Waals surface area contributed by atoms with Gasteiger partial charge in [0.05, 0.1) is 0 Å². The molecule has 2 aromatic carbocycles. The van der Waals surface area contributed by atoms with E-state index in [0.29, 0.717) is 6.04 Å². The van der Waals surface area contributed by atoms with Crippen LogP contribution in [0.15, 0.2) is 54.6 Å². The lowest BCUT2D eigenvalue weighted by Crippen LogP contribution is -2.55. The fourth-order valence-corrected chi connectivity index (χ4v) is 4.17. The molecule has 0 amide bonds. The van der Waals surface area contributed by atoms with Crippen LogP contribution in [0, 0.1) is 0 Å². The molecule has 2 heterocycles. The number of fused-ring (bicyclic) bond motifs is 1. The van der Waals surface area contributed by atoms with Gasteiger partial charge in [-0.05, 0) is 56.1 Å². The van der Waals surface area contributed by atoms with Gasteiger partial charge in [0.25, 0.3) is 0 Å². The molecular formula is C21H26N2O. The number of benzene rings is 2. The zero-order valence-electron chi connectivity index (χ0n) is 14.4. The molecule has 2 aliphatic heterocycles. The highest BCUT2D eigenvalue weighted by molar-refractivity contribution is 5.33. The Morgan fingerprint density at radius 3 is 2.67 bits per heavy atom. The highest BCUT2D eigenvalue weighted by Crippen LogP contribution is 2.28. The van der Waals surface area contributed by atoms with Crippen molar-refractivity contribution in [3.8, 4) is 11.5 Å². The minimum atomic E-state index is 0.639. The van der Waals surface area contributed by atoms with Crippen molar-refractivity contribution < 1.29 is 4.74 Å². The van der Waals surface area contributed by atoms with Gasteiger partial charge in [-0.2, -0.15) is 0 Å². The Kier molecular flexibility index (Phi) is 4.54. The molecule has 0 saturated carbocycles. The molecule has 2 aliphatic rings. The van der Waals surface area contributed by atoms with Crippen LogP contribution in [-0.4, -0.2) is 41.5 Å². The summed E-state index contributed by atoms with van der Waals surface area (Å²) in [7, 11) is 0. The fourth-order valence-electron chi connectivity index (χ4n) is 4.17. The van der Waals surface area contributed by atoms with Crippen LogP contribution in [0.1, 0.15) is 25.3 Å². The van der Waals surface area contributed by atoms with Gasteiger partial charge in [0, 0.05) is 31.7 Å². The predicted octanol–water partition coefficient (Wildman–Crippen LogP) is 4.15. The highest BCUT2D eigenvalue weighted by Gasteiger charge is 2.36. The average Bonchev–Trinajstić information content (AvgIpc) is 3.08. The first kappa shape index (κ1) is 15.7. The number of hydrogen-bond acceptors (Lipinski definition) is 3. The molecular weight excluding hydrogens is 296 g/mol. The van der Waals surface area contributed by atoms with Gasteiger partial charge in [-0.25, -0.2) is 0 Å². The Bertz CT molecular complexity index is 673. The topological polar surface area (TPSA) is 15.7 Å². The summed E-state index contributed by atoms with van der Waals surface area (Å²) in [6.07, 6.45) is 2.72. The largest absolute Gasteiger partial charge is 0.457 e. The molecule has 4 rings (SSSR count). The van der Waals surface area contributed by atoms with Crippen LogP contribution < -0.4 is 4.74 Å². The van der Waals surface area contributed by atoms with Crippen molar-refractivity contribution in [2.24, 2.45) is 0 Å². The van der Waals surface area contributed by atoms with E-state index >= 15 is 0 Å². The normalized spacial score (nSPS) is 24.7. The molecule has 0 unspecified atom stereocenters. The zero-order valence-corrected chi connectivity index (χ0v) is 14.4. The van der Waals surface area contributed by atoms with Crippen molar-refractivity contribution in [1.29, 1.82) is 0 Å². The summed E-state index contributed by atoms with van der Waals surface area (Å²) in [6, 6.07) is 19.9. The van der Waals surface area contributed by atoms with E-state index < -0.39 is 0 Å². The fraction of sp³-hybridized carbons (Fsp3) is 0.429. The third kappa shape index (κ3) is 3.33. The van der Waals surface area contributed by atoms with Crippen LogP contribution in [0.3, 0.4) is 0 Å². The van der Waals surface area contributed by atoms with Gasteiger partial charge in [0.15, 0.2) is 0 Å². The van der Waals surface area contributed by atoms with Gasteiger partial charge in [-0.3, -0.25) is 9.80 Å². The van der Waals surface area contributed by atoms with E-state index in [1.54, 1.807) is 0 Å². The second-order valence-corrected chi connectivity index (χ2v) is 7.02. The minimum Gasteiger partial charge on any atom is -0.457 e. The van der Waals surface area contributed by atoms with E-state index in [-0.39, 0.29) is 0 Å². The van der Waals surface area contributed by atoms with E-state index in [2.05, 4.69) is 34.9 Å². The number of piperazine rings is 1. The van der Waals surface area contributed by atoms with Crippen molar-refractivity contribution in [1.82, 2.24) is 9.80 Å². The van der Waals surface area contributed by atoms with Gasteiger partial charge in [0.2, 0.25) is 0 Å². The maximum absolute atomic E-state index is 5.98. The highest BCUT2D eigenvalue weighted by atomic mass is 16.5. The molecule has 126 valence electrons. The van der Waals surface area contributed by atoms with Crippen molar-refractivity contribution >= 4 is 0 Å². The van der Waals surface area contributed by atoms with Crippen molar-refractivity contribution in [2.75, 3.05) is 19.6 Å². The SMILES string of the molecule is C[C@@H]1[C@@H]2CCCN2CCN1Cc1cccc(Oc2ccccc2)c1. The summed E-state index contributed by atoms with van der Waals surface area (Å²) in [6.45, 7) is 7.09. The maximum atomic E-state index is 5.98. The quantitative estimate of drug-likeness (QED) is 0.841. The van der Waals surface area contributed by atoms with E-state index in [9.17, 15) is 0 Å². The van der Waals surface area contributed by atoms with Crippen LogP contribution in [0.25, 0.3) is 0 Å². The first-order valence-corrected chi connectivity index (χ1v) is 9.09. The van der Waals surface area contributed by atoms with Crippen LogP contribution in [0.4, 0.5) is 0 Å². The van der Waals surface area contributed by atoms with Crippen LogP contribution in [0.2, 0.25) is 0 Å². The Labute approximate surface area is 144 Å². The number of rotatable bonds is 4. The summed E-state index contributed by atoms with van der Waals surface area (Å²) in [5, 5.41) is 0. The summed E-state index contributed by atoms with van der Waals surface area (Å²) in [5.74, 6) is 1.81. The summed E-state index contributed by atoms with van der Waals surface area (Å²) in [4.78, 5) is 5.31. The van der Waals surface area contributed by atoms with Crippen molar-refractivity contribution in [2.45, 2.75) is 38.4 Å². The Morgan fingerprint density at radius 1 is 0.958 bits per heavy atom. The predicted molar refractivity (Wildman–Crippen MR) is 97.4 cm³/mol. The molecule has 0 bridgehead atoms. The third-order valence-electron chi connectivity index (χ3n) is 5.48. The van der Waals surface area contributed by atoms with Gasteiger partial charge >= 0.3 is 0 Å². The molecule has 2 fully saturated rings. The second-order valence-electron chi connectivity index (χ2n) is 7.02. The first-order chi connectivity index (χ1) is 11.8. The van der Waals surface area contributed by atoms with Crippen LogP contribution in [0.5, 0.6) is 11.5 Å². The summed E-state index contributed by atoms with van der Waals surface area (Å²) < 4.78 is 5.98. The Balaban J connectivity index is 1.44. The molecule has 3 nitrogen and oxygen atoms in total. The van der Waals surface area contributed by atoms with E-state index in [1.165, 1.54) is 38.0 Å². The zero-order chi connectivity index (χ0) is 16.4. The number of ether oxygens (including phenoxy) is 1. The van der Waals surface area contributed by atoms with Crippen LogP contribution in [-0.2, 0) is 6.54 Å². The van der Waals surface area contributed by atoms with Gasteiger partial charge in [-0.1, -0.05) is 30.3 Å². The van der Waals surface area contributed by atoms with E-state index in [0.717, 1.165) is 24.1 Å². The average molecular weight is 322 g/mol. The summed E-state index contributed by atoms with van der Waals surface area (Å²) >= 11 is 0. The molecule has 24 heavy (non-hydrogen) atoms. The first-order valence-electron chi connectivity index (χ1n) is 9.09. The maximum Gasteiger partial charge on any atom is 0.127 e. The number of hydrogen-bond donors (Lipinski definition) is 0. The third-order valence-corrected chi connectivity index (χ3v) is 5.48.